The van der Waals surface area contributed by atoms with Gasteiger partial charge in [-0.15, -0.1) is 0 Å². The summed E-state index contributed by atoms with van der Waals surface area (Å²) in [6.07, 6.45) is 5.99. The molecule has 3 aliphatic heterocycles. The van der Waals surface area contributed by atoms with Crippen LogP contribution in [0.3, 0.4) is 0 Å². The predicted octanol–water partition coefficient (Wildman–Crippen LogP) is 5.23. The summed E-state index contributed by atoms with van der Waals surface area (Å²) in [4.78, 5) is 30.4. The van der Waals surface area contributed by atoms with E-state index in [0.29, 0.717) is 55.5 Å². The standard InChI is InChI=1S/C29H37ClN2O4/c1-35-22-29-14-4-5-17-31(27(33)13-10-23-8-11-24(30)12-9-23)20-21-36-26-7-3-2-6-25(26)28(34)32(18-15-29)19-16-29/h2-3,6-9,11-12H,4-5,10,13-22H2,1H3. The number of benzene rings is 2. The van der Waals surface area contributed by atoms with Gasteiger partial charge in [0, 0.05) is 38.2 Å². The number of carbonyl (C=O) groups is 2. The molecule has 2 amide bonds. The zero-order valence-electron chi connectivity index (χ0n) is 21.2. The number of hydrogen-bond acceptors (Lipinski definition) is 4. The van der Waals surface area contributed by atoms with Gasteiger partial charge in [0.25, 0.3) is 5.91 Å². The third-order valence-electron chi connectivity index (χ3n) is 7.58. The molecule has 194 valence electrons. The van der Waals surface area contributed by atoms with Crippen LogP contribution < -0.4 is 4.74 Å². The number of piperidine rings is 1. The van der Waals surface area contributed by atoms with Gasteiger partial charge in [0.05, 0.1) is 18.7 Å². The van der Waals surface area contributed by atoms with Crippen LogP contribution in [0.25, 0.3) is 0 Å². The molecule has 1 fully saturated rings. The maximum atomic E-state index is 13.3. The number of aryl methyl sites for hydroxylation is 1. The first kappa shape index (κ1) is 26.5. The van der Waals surface area contributed by atoms with Crippen LogP contribution in [0, 0.1) is 5.41 Å². The number of methoxy groups -OCH3 is 1. The van der Waals surface area contributed by atoms with Crippen molar-refractivity contribution in [2.24, 2.45) is 5.41 Å². The molecular formula is C29H37ClN2O4. The molecule has 36 heavy (non-hydrogen) atoms. The van der Waals surface area contributed by atoms with E-state index in [1.165, 1.54) is 0 Å². The topological polar surface area (TPSA) is 59.1 Å². The Morgan fingerprint density at radius 2 is 1.75 bits per heavy atom. The van der Waals surface area contributed by atoms with E-state index >= 15 is 0 Å². The second kappa shape index (κ2) is 12.6. The minimum Gasteiger partial charge on any atom is -0.491 e. The van der Waals surface area contributed by atoms with Gasteiger partial charge < -0.3 is 19.3 Å². The predicted molar refractivity (Wildman–Crippen MR) is 142 cm³/mol. The van der Waals surface area contributed by atoms with Crippen molar-refractivity contribution in [3.05, 3.63) is 64.7 Å². The molecule has 0 aliphatic carbocycles. The highest BCUT2D eigenvalue weighted by atomic mass is 35.5. The zero-order valence-corrected chi connectivity index (χ0v) is 22.0. The van der Waals surface area contributed by atoms with Crippen molar-refractivity contribution < 1.29 is 19.1 Å². The van der Waals surface area contributed by atoms with Gasteiger partial charge in [-0.3, -0.25) is 9.59 Å². The van der Waals surface area contributed by atoms with Gasteiger partial charge in [-0.1, -0.05) is 42.3 Å². The van der Waals surface area contributed by atoms with E-state index in [2.05, 4.69) is 0 Å². The van der Waals surface area contributed by atoms with Gasteiger partial charge in [-0.2, -0.15) is 0 Å². The van der Waals surface area contributed by atoms with Crippen LogP contribution in [-0.2, 0) is 16.0 Å². The second-order valence-electron chi connectivity index (χ2n) is 10.0. The van der Waals surface area contributed by atoms with Gasteiger partial charge in [0.1, 0.15) is 12.4 Å². The largest absolute Gasteiger partial charge is 0.491 e. The Balaban J connectivity index is 1.48. The van der Waals surface area contributed by atoms with Crippen LogP contribution in [0.5, 0.6) is 5.75 Å². The Morgan fingerprint density at radius 1 is 1.00 bits per heavy atom. The molecule has 2 aromatic rings. The van der Waals surface area contributed by atoms with E-state index in [1.807, 2.05) is 58.3 Å². The minimum atomic E-state index is 0.0161. The summed E-state index contributed by atoms with van der Waals surface area (Å²) in [5.41, 5.74) is 1.78. The zero-order chi connectivity index (χ0) is 25.4. The molecule has 7 heteroatoms. The molecule has 0 unspecified atom stereocenters. The van der Waals surface area contributed by atoms with Crippen molar-refractivity contribution in [1.29, 1.82) is 0 Å². The van der Waals surface area contributed by atoms with Crippen molar-refractivity contribution in [2.45, 2.75) is 44.9 Å². The molecule has 0 atom stereocenters. The number of rotatable bonds is 5. The SMILES string of the molecule is COCC12CCCCN(C(=O)CCc3ccc(Cl)cc3)CCOc3ccccc3C(=O)N(CC1)CC2. The average Bonchev–Trinajstić information content (AvgIpc) is 2.90. The lowest BCUT2D eigenvalue weighted by Crippen LogP contribution is -2.45. The van der Waals surface area contributed by atoms with Crippen molar-refractivity contribution >= 4 is 23.4 Å². The molecule has 6 nitrogen and oxygen atoms in total. The smallest absolute Gasteiger partial charge is 0.257 e. The van der Waals surface area contributed by atoms with Gasteiger partial charge in [-0.05, 0) is 67.3 Å². The van der Waals surface area contributed by atoms with Gasteiger partial charge in [0.15, 0.2) is 0 Å². The number of ether oxygens (including phenoxy) is 2. The Morgan fingerprint density at radius 3 is 2.50 bits per heavy atom. The van der Waals surface area contributed by atoms with Crippen LogP contribution in [-0.4, -0.2) is 68.1 Å². The minimum absolute atomic E-state index is 0.0161. The van der Waals surface area contributed by atoms with Gasteiger partial charge >= 0.3 is 0 Å². The molecule has 2 bridgehead atoms. The maximum Gasteiger partial charge on any atom is 0.257 e. The number of fused-ring (bicyclic) bond motifs is 9. The highest BCUT2D eigenvalue weighted by Gasteiger charge is 2.36. The summed E-state index contributed by atoms with van der Waals surface area (Å²) in [6, 6.07) is 15.1. The molecule has 2 aromatic carbocycles. The lowest BCUT2D eigenvalue weighted by Gasteiger charge is -2.41. The Bertz CT molecular complexity index is 1020. The van der Waals surface area contributed by atoms with E-state index in [4.69, 9.17) is 21.1 Å². The van der Waals surface area contributed by atoms with E-state index in [-0.39, 0.29) is 17.2 Å². The Labute approximate surface area is 219 Å². The summed E-state index contributed by atoms with van der Waals surface area (Å²) in [7, 11) is 1.76. The quantitative estimate of drug-likeness (QED) is 0.550. The lowest BCUT2D eigenvalue weighted by molar-refractivity contribution is -0.131. The number of para-hydroxylation sites is 1. The van der Waals surface area contributed by atoms with Crippen LogP contribution in [0.1, 0.15) is 54.4 Å². The number of hydrogen-bond donors (Lipinski definition) is 0. The van der Waals surface area contributed by atoms with Gasteiger partial charge in [-0.25, -0.2) is 0 Å². The third-order valence-corrected chi connectivity index (χ3v) is 7.83. The van der Waals surface area contributed by atoms with Crippen LogP contribution >= 0.6 is 11.6 Å². The fourth-order valence-electron chi connectivity index (χ4n) is 5.39. The van der Waals surface area contributed by atoms with E-state index in [9.17, 15) is 9.59 Å². The van der Waals surface area contributed by atoms with Crippen LogP contribution in [0.4, 0.5) is 0 Å². The summed E-state index contributed by atoms with van der Waals surface area (Å²) in [5, 5.41) is 0.697. The number of amides is 2. The summed E-state index contributed by atoms with van der Waals surface area (Å²) in [6.45, 7) is 3.72. The van der Waals surface area contributed by atoms with E-state index in [0.717, 1.165) is 50.8 Å². The van der Waals surface area contributed by atoms with Crippen molar-refractivity contribution in [3.63, 3.8) is 0 Å². The Kier molecular flexibility index (Phi) is 9.27. The highest BCUT2D eigenvalue weighted by molar-refractivity contribution is 6.30. The number of halogens is 1. The first-order chi connectivity index (χ1) is 17.5. The van der Waals surface area contributed by atoms with Crippen LogP contribution in [0.2, 0.25) is 5.02 Å². The molecule has 3 aliphatic rings. The molecule has 1 saturated heterocycles. The average molecular weight is 513 g/mol. The molecule has 0 radical (unpaired) electrons. The molecule has 0 aromatic heterocycles. The fraction of sp³-hybridized carbons (Fsp3) is 0.517. The fourth-order valence-corrected chi connectivity index (χ4v) is 5.51. The van der Waals surface area contributed by atoms with Gasteiger partial charge in [0.2, 0.25) is 5.91 Å². The summed E-state index contributed by atoms with van der Waals surface area (Å²) in [5.74, 6) is 0.725. The monoisotopic (exact) mass is 512 g/mol. The first-order valence-corrected chi connectivity index (χ1v) is 13.4. The molecular weight excluding hydrogens is 476 g/mol. The molecule has 0 spiro atoms. The number of nitrogens with zero attached hydrogens (tertiary/aromatic N) is 2. The van der Waals surface area contributed by atoms with Crippen LogP contribution in [0.15, 0.2) is 48.5 Å². The summed E-state index contributed by atoms with van der Waals surface area (Å²) >= 11 is 5.99. The third kappa shape index (κ3) is 6.80. The van der Waals surface area contributed by atoms with Crippen molar-refractivity contribution in [2.75, 3.05) is 46.5 Å². The molecule has 3 heterocycles. The molecule has 0 saturated carbocycles. The Hall–Kier alpha value is -2.57. The van der Waals surface area contributed by atoms with Crippen molar-refractivity contribution in [3.8, 4) is 5.75 Å². The number of carbonyl (C=O) groups excluding carboxylic acids is 2. The van der Waals surface area contributed by atoms with Crippen molar-refractivity contribution in [1.82, 2.24) is 9.80 Å². The second-order valence-corrected chi connectivity index (χ2v) is 10.5. The molecule has 5 rings (SSSR count). The highest BCUT2D eigenvalue weighted by Crippen LogP contribution is 2.38. The lowest BCUT2D eigenvalue weighted by atomic mass is 9.75. The maximum absolute atomic E-state index is 13.3. The van der Waals surface area contributed by atoms with E-state index < -0.39 is 0 Å². The summed E-state index contributed by atoms with van der Waals surface area (Å²) < 4.78 is 11.7. The normalized spacial score (nSPS) is 18.7. The molecule has 0 N–H and O–H groups in total. The van der Waals surface area contributed by atoms with E-state index in [1.54, 1.807) is 7.11 Å². The first-order valence-electron chi connectivity index (χ1n) is 13.0.